The van der Waals surface area contributed by atoms with E-state index in [2.05, 4.69) is 0 Å². The summed E-state index contributed by atoms with van der Waals surface area (Å²) in [7, 11) is 0. The third kappa shape index (κ3) is 5.65. The Labute approximate surface area is 69.0 Å². The lowest BCUT2D eigenvalue weighted by molar-refractivity contribution is 0.601. The predicted molar refractivity (Wildman–Crippen MR) is 49.7 cm³/mol. The Hall–Kier alpha value is 1.22. The first-order chi connectivity index (χ1) is 4.12. The SMILES string of the molecule is CCSP(=O)(Cl)SCC. The van der Waals surface area contributed by atoms with Crippen LogP contribution in [0.15, 0.2) is 0 Å². The summed E-state index contributed by atoms with van der Waals surface area (Å²) in [6.45, 7) is 3.91. The van der Waals surface area contributed by atoms with Crippen molar-refractivity contribution in [3.8, 4) is 0 Å². The molecule has 1 nitrogen and oxygen atoms in total. The minimum absolute atomic E-state index is 0.827. The monoisotopic (exact) mass is 204 g/mol. The van der Waals surface area contributed by atoms with Crippen molar-refractivity contribution in [1.82, 2.24) is 0 Å². The first-order valence-corrected chi connectivity index (χ1v) is 8.50. The fourth-order valence-electron chi connectivity index (χ4n) is 0.346. The average Bonchev–Trinajstić information content (AvgIpc) is 1.64. The van der Waals surface area contributed by atoms with Crippen molar-refractivity contribution >= 4 is 38.9 Å². The van der Waals surface area contributed by atoms with Crippen molar-refractivity contribution in [2.75, 3.05) is 11.5 Å². The molecule has 0 aromatic carbocycles. The van der Waals surface area contributed by atoms with E-state index in [0.29, 0.717) is 0 Å². The summed E-state index contributed by atoms with van der Waals surface area (Å²) in [6, 6.07) is 0. The third-order valence-corrected chi connectivity index (χ3v) is 8.75. The standard InChI is InChI=1S/C4H10ClOPS2/c1-3-8-7(5,6)9-4-2/h3-4H2,1-2H3. The highest BCUT2D eigenvalue weighted by molar-refractivity contribution is 8.96. The molecule has 0 N–H and O–H groups in total. The van der Waals surface area contributed by atoms with Gasteiger partial charge < -0.3 is 0 Å². The van der Waals surface area contributed by atoms with Gasteiger partial charge in [0.2, 0.25) is 0 Å². The van der Waals surface area contributed by atoms with Crippen LogP contribution in [0.25, 0.3) is 0 Å². The lowest BCUT2D eigenvalue weighted by Gasteiger charge is -2.03. The third-order valence-electron chi connectivity index (χ3n) is 0.567. The van der Waals surface area contributed by atoms with Gasteiger partial charge in [-0.1, -0.05) is 36.6 Å². The molecule has 0 aromatic heterocycles. The molecule has 0 aromatic rings. The number of halogens is 1. The van der Waals surface area contributed by atoms with Gasteiger partial charge in [0.15, 0.2) is 0 Å². The quantitative estimate of drug-likeness (QED) is 0.648. The molecule has 0 amide bonds. The molecule has 0 heterocycles. The van der Waals surface area contributed by atoms with Crippen molar-refractivity contribution in [2.45, 2.75) is 13.8 Å². The summed E-state index contributed by atoms with van der Waals surface area (Å²) in [4.78, 5) is -2.39. The normalized spacial score (nSPS) is 11.9. The van der Waals surface area contributed by atoms with Gasteiger partial charge in [-0.15, -0.1) is 0 Å². The molecule has 9 heavy (non-hydrogen) atoms. The molecular weight excluding hydrogens is 195 g/mol. The fraction of sp³-hybridized carbons (Fsp3) is 1.00. The molecule has 0 atom stereocenters. The van der Waals surface area contributed by atoms with E-state index >= 15 is 0 Å². The Morgan fingerprint density at radius 1 is 1.33 bits per heavy atom. The van der Waals surface area contributed by atoms with Gasteiger partial charge in [-0.05, 0) is 22.7 Å². The number of hydrogen-bond donors (Lipinski definition) is 0. The maximum Gasteiger partial charge on any atom is 0.275 e. The number of hydrogen-bond acceptors (Lipinski definition) is 3. The molecule has 0 aliphatic rings. The fourth-order valence-corrected chi connectivity index (χ4v) is 7.44. The maximum absolute atomic E-state index is 11.1. The molecule has 0 rings (SSSR count). The minimum atomic E-state index is -2.39. The Balaban J connectivity index is 3.58. The van der Waals surface area contributed by atoms with E-state index in [9.17, 15) is 4.57 Å². The van der Waals surface area contributed by atoms with Gasteiger partial charge in [0.25, 0.3) is 4.90 Å². The van der Waals surface area contributed by atoms with Crippen molar-refractivity contribution in [3.05, 3.63) is 0 Å². The van der Waals surface area contributed by atoms with Gasteiger partial charge in [0.05, 0.1) is 0 Å². The summed E-state index contributed by atoms with van der Waals surface area (Å²) in [5.74, 6) is 1.65. The molecule has 0 aliphatic carbocycles. The molecule has 0 unspecified atom stereocenters. The van der Waals surface area contributed by atoms with Gasteiger partial charge >= 0.3 is 0 Å². The van der Waals surface area contributed by atoms with Crippen molar-refractivity contribution in [2.24, 2.45) is 0 Å². The van der Waals surface area contributed by atoms with Crippen molar-refractivity contribution < 1.29 is 4.57 Å². The summed E-state index contributed by atoms with van der Waals surface area (Å²) < 4.78 is 11.1. The van der Waals surface area contributed by atoms with Gasteiger partial charge in [-0.2, -0.15) is 0 Å². The van der Waals surface area contributed by atoms with Crippen LogP contribution in [-0.4, -0.2) is 11.5 Å². The van der Waals surface area contributed by atoms with Gasteiger partial charge in [-0.3, -0.25) is 4.57 Å². The molecule has 0 saturated heterocycles. The van der Waals surface area contributed by atoms with Crippen LogP contribution in [0.5, 0.6) is 0 Å². The lowest BCUT2D eigenvalue weighted by Crippen LogP contribution is -1.64. The zero-order chi connectivity index (χ0) is 7.33. The summed E-state index contributed by atoms with van der Waals surface area (Å²) >= 11 is 8.30. The Morgan fingerprint density at radius 3 is 1.89 bits per heavy atom. The topological polar surface area (TPSA) is 17.1 Å². The molecule has 0 bridgehead atoms. The van der Waals surface area contributed by atoms with Gasteiger partial charge in [0.1, 0.15) is 0 Å². The molecule has 5 heteroatoms. The Morgan fingerprint density at radius 2 is 1.67 bits per heavy atom. The zero-order valence-corrected chi connectivity index (χ0v) is 8.75. The van der Waals surface area contributed by atoms with E-state index in [1.54, 1.807) is 0 Å². The first kappa shape index (κ1) is 10.2. The molecule has 0 aliphatic heterocycles. The van der Waals surface area contributed by atoms with Crippen LogP contribution < -0.4 is 0 Å². The Kier molecular flexibility index (Phi) is 5.62. The largest absolute Gasteiger partial charge is 0.283 e. The highest BCUT2D eigenvalue weighted by Gasteiger charge is 2.16. The second kappa shape index (κ2) is 4.95. The smallest absolute Gasteiger partial charge is 0.275 e. The lowest BCUT2D eigenvalue weighted by atomic mass is 11.0. The second-order valence-electron chi connectivity index (χ2n) is 1.27. The highest BCUT2D eigenvalue weighted by atomic mass is 35.7. The van der Waals surface area contributed by atoms with E-state index in [1.807, 2.05) is 13.8 Å². The minimum Gasteiger partial charge on any atom is -0.283 e. The highest BCUT2D eigenvalue weighted by Crippen LogP contribution is 2.72. The van der Waals surface area contributed by atoms with Crippen LogP contribution in [0, 0.1) is 0 Å². The Bertz CT molecular complexity index is 109. The summed E-state index contributed by atoms with van der Waals surface area (Å²) in [5, 5.41) is 0. The first-order valence-electron chi connectivity index (χ1n) is 2.71. The molecule has 0 radical (unpaired) electrons. The van der Waals surface area contributed by atoms with Crippen LogP contribution in [0.2, 0.25) is 0 Å². The number of rotatable bonds is 4. The van der Waals surface area contributed by atoms with E-state index < -0.39 is 4.90 Å². The van der Waals surface area contributed by atoms with E-state index in [0.717, 1.165) is 11.5 Å². The molecule has 0 spiro atoms. The molecule has 56 valence electrons. The van der Waals surface area contributed by atoms with E-state index in [1.165, 1.54) is 22.8 Å². The van der Waals surface area contributed by atoms with Crippen LogP contribution in [0.4, 0.5) is 0 Å². The summed E-state index contributed by atoms with van der Waals surface area (Å²) in [6.07, 6.45) is 0. The summed E-state index contributed by atoms with van der Waals surface area (Å²) in [5.41, 5.74) is 0. The second-order valence-corrected chi connectivity index (χ2v) is 11.8. The van der Waals surface area contributed by atoms with Gasteiger partial charge in [-0.25, -0.2) is 0 Å². The maximum atomic E-state index is 11.1. The van der Waals surface area contributed by atoms with Crippen LogP contribution in [0.1, 0.15) is 13.8 Å². The van der Waals surface area contributed by atoms with Crippen LogP contribution >= 0.6 is 38.9 Å². The van der Waals surface area contributed by atoms with Crippen molar-refractivity contribution in [1.29, 1.82) is 0 Å². The zero-order valence-electron chi connectivity index (χ0n) is 5.46. The molecule has 0 saturated carbocycles. The van der Waals surface area contributed by atoms with Crippen LogP contribution in [-0.2, 0) is 4.57 Å². The predicted octanol–water partition coefficient (Wildman–Crippen LogP) is 3.84. The average molecular weight is 205 g/mol. The van der Waals surface area contributed by atoms with Crippen molar-refractivity contribution in [3.63, 3.8) is 0 Å². The molecule has 0 fully saturated rings. The van der Waals surface area contributed by atoms with E-state index in [4.69, 9.17) is 11.2 Å². The van der Waals surface area contributed by atoms with Crippen LogP contribution in [0.3, 0.4) is 0 Å². The van der Waals surface area contributed by atoms with E-state index in [-0.39, 0.29) is 0 Å². The molecular formula is C4H10ClOPS2. The van der Waals surface area contributed by atoms with Gasteiger partial charge in [0, 0.05) is 0 Å².